The summed E-state index contributed by atoms with van der Waals surface area (Å²) in [5.41, 5.74) is 2.10. The van der Waals surface area contributed by atoms with E-state index in [0.29, 0.717) is 21.9 Å². The van der Waals surface area contributed by atoms with Crippen LogP contribution in [0.4, 0.5) is 0 Å². The highest BCUT2D eigenvalue weighted by Crippen LogP contribution is 2.23. The molecule has 2 heterocycles. The van der Waals surface area contributed by atoms with Crippen molar-refractivity contribution in [1.82, 2.24) is 9.55 Å². The van der Waals surface area contributed by atoms with E-state index in [1.54, 1.807) is 18.2 Å². The Hall–Kier alpha value is -3.10. The number of allylic oxidation sites excluding steroid dienone is 1. The fraction of sp³-hybridized carbons (Fsp3) is 0.100. The zero-order valence-electron chi connectivity index (χ0n) is 14.9. The van der Waals surface area contributed by atoms with Gasteiger partial charge in [0.25, 0.3) is 0 Å². The van der Waals surface area contributed by atoms with Crippen LogP contribution in [0, 0.1) is 0 Å². The number of rotatable bonds is 4. The van der Waals surface area contributed by atoms with E-state index < -0.39 is 11.9 Å². The molecule has 4 rings (SSSR count). The number of hydrogen-bond donors (Lipinski definition) is 0. The third kappa shape index (κ3) is 3.28. The Balaban J connectivity index is 1.83. The second kappa shape index (κ2) is 7.49. The molecule has 0 atom stereocenters. The number of carbonyl (C=O) groups excluding carboxylic acids is 2. The summed E-state index contributed by atoms with van der Waals surface area (Å²) in [6, 6.07) is 12.9. The highest BCUT2D eigenvalue weighted by Gasteiger charge is 2.14. The molecule has 0 bridgehead atoms. The maximum absolute atomic E-state index is 12.7. The van der Waals surface area contributed by atoms with Crippen molar-refractivity contribution in [3.05, 3.63) is 70.5 Å². The second-order valence-corrected chi connectivity index (χ2v) is 7.90. The van der Waals surface area contributed by atoms with Crippen molar-refractivity contribution in [2.75, 3.05) is 7.11 Å². The minimum atomic E-state index is -0.408. The zero-order valence-corrected chi connectivity index (χ0v) is 16.5. The first kappa shape index (κ1) is 18.3. The van der Waals surface area contributed by atoms with Crippen LogP contribution in [0.1, 0.15) is 20.2 Å². The number of amides is 1. The number of nitrogens with zero attached hydrogens (tertiary/aromatic N) is 3. The molecule has 2 aromatic heterocycles. The summed E-state index contributed by atoms with van der Waals surface area (Å²) in [6.45, 7) is 4.27. The fourth-order valence-corrected chi connectivity index (χ4v) is 4.73. The number of aromatic nitrogens is 2. The SMILES string of the molecule is C=CCn1c(=NC(=O)c2nc3ccccc3s2)sc2cc(C(=O)OC)ccc21. The molecule has 1 amide bonds. The van der Waals surface area contributed by atoms with E-state index in [4.69, 9.17) is 4.74 Å². The number of carbonyl (C=O) groups is 2. The first-order valence-electron chi connectivity index (χ1n) is 8.38. The van der Waals surface area contributed by atoms with E-state index in [-0.39, 0.29) is 0 Å². The second-order valence-electron chi connectivity index (χ2n) is 5.86. The van der Waals surface area contributed by atoms with E-state index in [1.807, 2.05) is 34.9 Å². The number of hydrogen-bond acceptors (Lipinski definition) is 6. The monoisotopic (exact) mass is 409 g/mol. The van der Waals surface area contributed by atoms with Crippen LogP contribution in [-0.4, -0.2) is 28.5 Å². The van der Waals surface area contributed by atoms with E-state index in [9.17, 15) is 9.59 Å². The van der Waals surface area contributed by atoms with Gasteiger partial charge in [-0.2, -0.15) is 4.99 Å². The normalized spacial score (nSPS) is 11.8. The van der Waals surface area contributed by atoms with E-state index >= 15 is 0 Å². The largest absolute Gasteiger partial charge is 0.465 e. The van der Waals surface area contributed by atoms with Gasteiger partial charge in [-0.05, 0) is 30.3 Å². The van der Waals surface area contributed by atoms with Gasteiger partial charge in [0, 0.05) is 6.54 Å². The standard InChI is InChI=1S/C20H15N3O3S2/c1-3-10-23-14-9-8-12(19(25)26-2)11-16(14)28-20(23)22-17(24)18-21-13-6-4-5-7-15(13)27-18/h3-9,11H,1,10H2,2H3. The highest BCUT2D eigenvalue weighted by molar-refractivity contribution is 7.20. The van der Waals surface area contributed by atoms with E-state index in [2.05, 4.69) is 16.6 Å². The molecular weight excluding hydrogens is 394 g/mol. The molecule has 0 aliphatic heterocycles. The number of para-hydroxylation sites is 1. The summed E-state index contributed by atoms with van der Waals surface area (Å²) in [7, 11) is 1.34. The molecule has 6 nitrogen and oxygen atoms in total. The fourth-order valence-electron chi connectivity index (χ4n) is 2.81. The lowest BCUT2D eigenvalue weighted by Crippen LogP contribution is -2.16. The summed E-state index contributed by atoms with van der Waals surface area (Å²) in [5, 5.41) is 0.346. The first-order chi connectivity index (χ1) is 13.6. The van der Waals surface area contributed by atoms with Crippen molar-refractivity contribution in [3.63, 3.8) is 0 Å². The lowest BCUT2D eigenvalue weighted by Gasteiger charge is -2.02. The van der Waals surface area contributed by atoms with Gasteiger partial charge in [0.2, 0.25) is 0 Å². The lowest BCUT2D eigenvalue weighted by atomic mass is 10.2. The predicted molar refractivity (Wildman–Crippen MR) is 111 cm³/mol. The molecule has 0 N–H and O–H groups in total. The van der Waals surface area contributed by atoms with Gasteiger partial charge < -0.3 is 9.30 Å². The van der Waals surface area contributed by atoms with E-state index in [0.717, 1.165) is 20.4 Å². The van der Waals surface area contributed by atoms with Crippen LogP contribution in [0.15, 0.2) is 60.1 Å². The minimum absolute atomic E-state index is 0.346. The molecule has 0 aliphatic carbocycles. The lowest BCUT2D eigenvalue weighted by molar-refractivity contribution is 0.0601. The van der Waals surface area contributed by atoms with Crippen LogP contribution < -0.4 is 4.80 Å². The van der Waals surface area contributed by atoms with Gasteiger partial charge in [0.1, 0.15) is 0 Å². The van der Waals surface area contributed by atoms with Gasteiger partial charge in [0.15, 0.2) is 9.81 Å². The van der Waals surface area contributed by atoms with Crippen LogP contribution in [0.5, 0.6) is 0 Å². The highest BCUT2D eigenvalue weighted by atomic mass is 32.1. The summed E-state index contributed by atoms with van der Waals surface area (Å²) >= 11 is 2.65. The molecule has 0 spiro atoms. The average molecular weight is 409 g/mol. The number of esters is 1. The molecule has 2 aromatic carbocycles. The number of methoxy groups -OCH3 is 1. The van der Waals surface area contributed by atoms with Crippen LogP contribution in [0.3, 0.4) is 0 Å². The van der Waals surface area contributed by atoms with Gasteiger partial charge >= 0.3 is 11.9 Å². The molecule has 0 saturated carbocycles. The molecule has 28 heavy (non-hydrogen) atoms. The Morgan fingerprint density at radius 3 is 2.79 bits per heavy atom. The molecular formula is C20H15N3O3S2. The maximum atomic E-state index is 12.7. The van der Waals surface area contributed by atoms with Crippen molar-refractivity contribution >= 4 is 55.0 Å². The smallest absolute Gasteiger partial charge is 0.337 e. The number of thiazole rings is 2. The van der Waals surface area contributed by atoms with Crippen molar-refractivity contribution in [3.8, 4) is 0 Å². The molecule has 0 unspecified atom stereocenters. The summed E-state index contributed by atoms with van der Waals surface area (Å²) < 4.78 is 8.44. The van der Waals surface area contributed by atoms with Crippen LogP contribution >= 0.6 is 22.7 Å². The van der Waals surface area contributed by atoms with Gasteiger partial charge in [-0.25, -0.2) is 9.78 Å². The Labute approximate surface area is 168 Å². The quantitative estimate of drug-likeness (QED) is 0.377. The summed E-state index contributed by atoms with van der Waals surface area (Å²) in [4.78, 5) is 33.7. The average Bonchev–Trinajstić information content (AvgIpc) is 3.29. The van der Waals surface area contributed by atoms with Crippen molar-refractivity contribution < 1.29 is 14.3 Å². The predicted octanol–water partition coefficient (Wildman–Crippen LogP) is 4.03. The van der Waals surface area contributed by atoms with Gasteiger partial charge in [0.05, 0.1) is 33.1 Å². The molecule has 4 aromatic rings. The molecule has 0 fully saturated rings. The molecule has 0 radical (unpaired) electrons. The van der Waals surface area contributed by atoms with Gasteiger partial charge in [-0.15, -0.1) is 17.9 Å². The van der Waals surface area contributed by atoms with Crippen molar-refractivity contribution in [1.29, 1.82) is 0 Å². The summed E-state index contributed by atoms with van der Waals surface area (Å²) in [5.74, 6) is -0.798. The Morgan fingerprint density at radius 2 is 2.04 bits per heavy atom. The third-order valence-corrected chi connectivity index (χ3v) is 6.16. The molecule has 0 aliphatic rings. The Morgan fingerprint density at radius 1 is 1.21 bits per heavy atom. The Bertz CT molecular complexity index is 1260. The number of benzene rings is 2. The van der Waals surface area contributed by atoms with Gasteiger partial charge in [-0.3, -0.25) is 4.79 Å². The van der Waals surface area contributed by atoms with Crippen LogP contribution in [-0.2, 0) is 11.3 Å². The maximum Gasteiger partial charge on any atom is 0.337 e. The molecule has 140 valence electrons. The first-order valence-corrected chi connectivity index (χ1v) is 10.0. The minimum Gasteiger partial charge on any atom is -0.465 e. The van der Waals surface area contributed by atoms with Crippen molar-refractivity contribution in [2.45, 2.75) is 6.54 Å². The van der Waals surface area contributed by atoms with Crippen molar-refractivity contribution in [2.24, 2.45) is 4.99 Å². The van der Waals surface area contributed by atoms with E-state index in [1.165, 1.54) is 29.8 Å². The van der Waals surface area contributed by atoms with Gasteiger partial charge in [-0.1, -0.05) is 29.5 Å². The number of fused-ring (bicyclic) bond motifs is 2. The summed E-state index contributed by atoms with van der Waals surface area (Å²) in [6.07, 6.45) is 1.74. The molecule has 0 saturated heterocycles. The zero-order chi connectivity index (χ0) is 19.7. The molecule has 8 heteroatoms. The third-order valence-electron chi connectivity index (χ3n) is 4.09. The number of ether oxygens (including phenoxy) is 1. The van der Waals surface area contributed by atoms with Crippen LogP contribution in [0.2, 0.25) is 0 Å². The van der Waals surface area contributed by atoms with Crippen LogP contribution in [0.25, 0.3) is 20.4 Å². The Kier molecular flexibility index (Phi) is 4.89. The topological polar surface area (TPSA) is 73.5 Å².